The van der Waals surface area contributed by atoms with E-state index < -0.39 is 5.97 Å². The van der Waals surface area contributed by atoms with Gasteiger partial charge in [-0.3, -0.25) is 0 Å². The fourth-order valence-corrected chi connectivity index (χ4v) is 5.19. The first-order valence-corrected chi connectivity index (χ1v) is 12.2. The number of carboxylic acid groups (broad SMARTS) is 1. The van der Waals surface area contributed by atoms with E-state index in [4.69, 9.17) is 4.74 Å². The van der Waals surface area contributed by atoms with E-state index in [2.05, 4.69) is 37.2 Å². The van der Waals surface area contributed by atoms with Gasteiger partial charge < -0.3 is 29.5 Å². The molecule has 2 N–H and O–H groups in total. The van der Waals surface area contributed by atoms with E-state index in [-0.39, 0.29) is 5.56 Å². The Kier molecular flexibility index (Phi) is 6.59. The summed E-state index contributed by atoms with van der Waals surface area (Å²) in [5.74, 6) is 0.174. The molecule has 2 fully saturated rings. The topological polar surface area (TPSA) is 95.8 Å². The van der Waals surface area contributed by atoms with E-state index in [1.807, 2.05) is 6.07 Å². The van der Waals surface area contributed by atoms with Crippen molar-refractivity contribution < 1.29 is 14.6 Å². The number of carboxylic acids is 1. The average Bonchev–Trinajstić information content (AvgIpc) is 3.55. The molecule has 4 heterocycles. The van der Waals surface area contributed by atoms with Crippen LogP contribution in [-0.2, 0) is 7.05 Å². The predicted molar refractivity (Wildman–Crippen MR) is 136 cm³/mol. The van der Waals surface area contributed by atoms with Gasteiger partial charge in [-0.15, -0.1) is 0 Å². The molecule has 0 aliphatic carbocycles. The highest BCUT2D eigenvalue weighted by Gasteiger charge is 2.26. The van der Waals surface area contributed by atoms with Crippen LogP contribution < -0.4 is 15.0 Å². The van der Waals surface area contributed by atoms with E-state index >= 15 is 0 Å². The van der Waals surface area contributed by atoms with Crippen LogP contribution in [0, 0.1) is 0 Å². The minimum absolute atomic E-state index is 0.220. The summed E-state index contributed by atoms with van der Waals surface area (Å²) in [5.41, 5.74) is 3.49. The number of benzene rings is 1. The first-order chi connectivity index (χ1) is 17.0. The highest BCUT2D eigenvalue weighted by molar-refractivity contribution is 5.89. The van der Waals surface area contributed by atoms with Crippen molar-refractivity contribution in [3.63, 3.8) is 0 Å². The lowest BCUT2D eigenvalue weighted by Gasteiger charge is -2.38. The number of hydrogen-bond donors (Lipinski definition) is 2. The molecule has 0 spiro atoms. The zero-order chi connectivity index (χ0) is 24.4. The number of ether oxygens (including phenoxy) is 1. The number of anilines is 3. The van der Waals surface area contributed by atoms with Crippen LogP contribution in [0.3, 0.4) is 0 Å². The molecule has 9 nitrogen and oxygen atoms in total. The fraction of sp³-hybridized carbons (Fsp3) is 0.423. The third-order valence-electron chi connectivity index (χ3n) is 7.09. The summed E-state index contributed by atoms with van der Waals surface area (Å²) in [4.78, 5) is 25.4. The number of carbonyl (C=O) groups is 1. The van der Waals surface area contributed by atoms with Crippen molar-refractivity contribution in [3.05, 3.63) is 48.3 Å². The first kappa shape index (κ1) is 23.2. The van der Waals surface area contributed by atoms with Crippen molar-refractivity contribution in [2.45, 2.75) is 31.7 Å². The molecular formula is C26H32N6O3. The lowest BCUT2D eigenvalue weighted by Crippen LogP contribution is -2.43. The maximum atomic E-state index is 11.3. The number of aromatic carboxylic acids is 1. The van der Waals surface area contributed by atoms with Gasteiger partial charge in [-0.25, -0.2) is 14.8 Å². The zero-order valence-electron chi connectivity index (χ0n) is 20.3. The predicted octanol–water partition coefficient (Wildman–Crippen LogP) is 4.00. The fourth-order valence-electron chi connectivity index (χ4n) is 5.19. The second-order valence-electron chi connectivity index (χ2n) is 9.27. The van der Waals surface area contributed by atoms with Crippen LogP contribution in [0.15, 0.2) is 42.7 Å². The van der Waals surface area contributed by atoms with Crippen LogP contribution in [-0.4, -0.2) is 69.8 Å². The minimum Gasteiger partial charge on any atom is -0.494 e. The van der Waals surface area contributed by atoms with Gasteiger partial charge in [-0.1, -0.05) is 0 Å². The largest absolute Gasteiger partial charge is 0.494 e. The normalized spacial score (nSPS) is 17.0. The SMILES string of the molecule is COc1cc(N2CCC(N3CCCC3)CC2)ccc1Nc1nccc(-c2cc(C(=O)O)cn2C)n1. The van der Waals surface area contributed by atoms with Gasteiger partial charge in [0, 0.05) is 50.3 Å². The van der Waals surface area contributed by atoms with Gasteiger partial charge in [0.25, 0.3) is 0 Å². The standard InChI is InChI=1S/C26H32N6O3/c1-30-17-18(25(33)34)15-23(30)21-7-10-27-26(28-21)29-22-6-5-20(16-24(22)35-2)32-13-8-19(9-14-32)31-11-3-4-12-31/h5-7,10,15-17,19H,3-4,8-9,11-14H2,1-2H3,(H,33,34)(H,27,28,29). The summed E-state index contributed by atoms with van der Waals surface area (Å²) in [6.07, 6.45) is 8.31. The summed E-state index contributed by atoms with van der Waals surface area (Å²) in [6, 6.07) is 10.3. The molecule has 0 atom stereocenters. The summed E-state index contributed by atoms with van der Waals surface area (Å²) >= 11 is 0. The third-order valence-corrected chi connectivity index (χ3v) is 7.09. The number of methoxy groups -OCH3 is 1. The molecule has 184 valence electrons. The second kappa shape index (κ2) is 9.95. The molecule has 3 aromatic rings. The molecule has 0 saturated carbocycles. The highest BCUT2D eigenvalue weighted by Crippen LogP contribution is 2.33. The molecular weight excluding hydrogens is 444 g/mol. The van der Waals surface area contributed by atoms with Crippen LogP contribution in [0.1, 0.15) is 36.0 Å². The van der Waals surface area contributed by atoms with Crippen molar-refractivity contribution in [2.24, 2.45) is 7.05 Å². The van der Waals surface area contributed by atoms with E-state index in [0.717, 1.165) is 36.3 Å². The molecule has 2 aromatic heterocycles. The van der Waals surface area contributed by atoms with E-state index in [1.54, 1.807) is 43.3 Å². The molecule has 0 unspecified atom stereocenters. The van der Waals surface area contributed by atoms with Crippen molar-refractivity contribution in [3.8, 4) is 17.1 Å². The van der Waals surface area contributed by atoms with E-state index in [9.17, 15) is 9.90 Å². The maximum Gasteiger partial charge on any atom is 0.337 e. The van der Waals surface area contributed by atoms with E-state index in [0.29, 0.717) is 17.3 Å². The number of nitrogens with one attached hydrogen (secondary N) is 1. The quantitative estimate of drug-likeness (QED) is 0.528. The summed E-state index contributed by atoms with van der Waals surface area (Å²) in [7, 11) is 3.46. The Morgan fingerprint density at radius 2 is 1.89 bits per heavy atom. The molecule has 2 saturated heterocycles. The van der Waals surface area contributed by atoms with Crippen LogP contribution in [0.5, 0.6) is 5.75 Å². The van der Waals surface area contributed by atoms with Gasteiger partial charge >= 0.3 is 5.97 Å². The van der Waals surface area contributed by atoms with Crippen molar-refractivity contribution in [1.29, 1.82) is 0 Å². The van der Waals surface area contributed by atoms with Gasteiger partial charge in [-0.2, -0.15) is 0 Å². The molecule has 0 amide bonds. The van der Waals surface area contributed by atoms with Crippen LogP contribution >= 0.6 is 0 Å². The lowest BCUT2D eigenvalue weighted by molar-refractivity contribution is 0.0697. The Bertz CT molecular complexity index is 1200. The van der Waals surface area contributed by atoms with Gasteiger partial charge in [0.15, 0.2) is 0 Å². The summed E-state index contributed by atoms with van der Waals surface area (Å²) in [5, 5.41) is 12.5. The number of aromatic nitrogens is 3. The zero-order valence-corrected chi connectivity index (χ0v) is 20.3. The molecule has 9 heteroatoms. The summed E-state index contributed by atoms with van der Waals surface area (Å²) in [6.45, 7) is 4.62. The van der Waals surface area contributed by atoms with Gasteiger partial charge in [0.1, 0.15) is 5.75 Å². The molecule has 35 heavy (non-hydrogen) atoms. The van der Waals surface area contributed by atoms with Crippen LogP contribution in [0.2, 0.25) is 0 Å². The van der Waals surface area contributed by atoms with Gasteiger partial charge in [-0.05, 0) is 63.0 Å². The molecule has 2 aliphatic rings. The van der Waals surface area contributed by atoms with Crippen LogP contribution in [0.4, 0.5) is 17.3 Å². The number of rotatable bonds is 7. The first-order valence-electron chi connectivity index (χ1n) is 12.2. The summed E-state index contributed by atoms with van der Waals surface area (Å²) < 4.78 is 7.44. The molecule has 1 aromatic carbocycles. The number of aryl methyl sites for hydroxylation is 1. The monoisotopic (exact) mass is 476 g/mol. The Balaban J connectivity index is 1.30. The Morgan fingerprint density at radius 3 is 2.57 bits per heavy atom. The van der Waals surface area contributed by atoms with Crippen LogP contribution in [0.25, 0.3) is 11.4 Å². The second-order valence-corrected chi connectivity index (χ2v) is 9.27. The van der Waals surface area contributed by atoms with Gasteiger partial charge in [0.05, 0.1) is 29.7 Å². The Morgan fingerprint density at radius 1 is 1.11 bits per heavy atom. The number of piperidine rings is 1. The van der Waals surface area contributed by atoms with Gasteiger partial charge in [0.2, 0.25) is 5.95 Å². The molecule has 2 aliphatic heterocycles. The average molecular weight is 477 g/mol. The van der Waals surface area contributed by atoms with Crippen molar-refractivity contribution >= 4 is 23.3 Å². The number of nitrogens with zero attached hydrogens (tertiary/aromatic N) is 5. The maximum absolute atomic E-state index is 11.3. The molecule has 5 rings (SSSR count). The van der Waals surface area contributed by atoms with Crippen molar-refractivity contribution in [1.82, 2.24) is 19.4 Å². The lowest BCUT2D eigenvalue weighted by atomic mass is 10.0. The van der Waals surface area contributed by atoms with Crippen molar-refractivity contribution in [2.75, 3.05) is 43.5 Å². The Labute approximate surface area is 205 Å². The molecule has 0 bridgehead atoms. The highest BCUT2D eigenvalue weighted by atomic mass is 16.5. The Hall–Kier alpha value is -3.59. The molecule has 0 radical (unpaired) electrons. The number of likely N-dealkylation sites (tertiary alicyclic amines) is 1. The van der Waals surface area contributed by atoms with E-state index in [1.165, 1.54) is 38.8 Å². The third kappa shape index (κ3) is 4.95. The minimum atomic E-state index is -0.968. The number of hydrogen-bond acceptors (Lipinski definition) is 7. The smallest absolute Gasteiger partial charge is 0.337 e.